The fourth-order valence-electron chi connectivity index (χ4n) is 2.58. The van der Waals surface area contributed by atoms with Gasteiger partial charge in [0.2, 0.25) is 5.91 Å². The molecule has 1 fully saturated rings. The molecule has 0 aromatic heterocycles. The summed E-state index contributed by atoms with van der Waals surface area (Å²) in [4.78, 5) is 14.2. The van der Waals surface area contributed by atoms with Crippen molar-refractivity contribution in [1.29, 1.82) is 0 Å². The number of rotatable bonds is 3. The molecule has 4 heteroatoms. The molecular formula is C15H21ClN2O. The quantitative estimate of drug-likeness (QED) is 0.924. The minimum absolute atomic E-state index is 0.149. The Morgan fingerprint density at radius 1 is 1.53 bits per heavy atom. The van der Waals surface area contributed by atoms with Crippen molar-refractivity contribution in [2.45, 2.75) is 32.2 Å². The topological polar surface area (TPSA) is 46.3 Å². The van der Waals surface area contributed by atoms with E-state index in [4.69, 9.17) is 17.3 Å². The predicted octanol–water partition coefficient (Wildman–Crippen LogP) is 2.47. The summed E-state index contributed by atoms with van der Waals surface area (Å²) in [5, 5.41) is 0.664. The van der Waals surface area contributed by atoms with Crippen LogP contribution in [0.5, 0.6) is 0 Å². The Bertz CT molecular complexity index is 448. The van der Waals surface area contributed by atoms with Gasteiger partial charge < -0.3 is 10.6 Å². The first kappa shape index (κ1) is 14.4. The van der Waals surface area contributed by atoms with Crippen LogP contribution in [0.4, 0.5) is 0 Å². The minimum atomic E-state index is 0.149. The highest BCUT2D eigenvalue weighted by Crippen LogP contribution is 2.21. The SMILES string of the molecule is C[C@@H](N)[C@@H]1CCCN(C(=O)Cc2ccccc2Cl)C1. The number of nitrogens with zero attached hydrogens (tertiary/aromatic N) is 1. The molecule has 2 rings (SSSR count). The lowest BCUT2D eigenvalue weighted by molar-refractivity contribution is -0.132. The Kier molecular flexibility index (Phi) is 4.83. The van der Waals surface area contributed by atoms with Gasteiger partial charge in [-0.1, -0.05) is 29.8 Å². The maximum atomic E-state index is 12.3. The van der Waals surface area contributed by atoms with Gasteiger partial charge in [0, 0.05) is 24.2 Å². The second-order valence-corrected chi connectivity index (χ2v) is 5.78. The molecule has 1 aromatic rings. The number of carbonyl (C=O) groups is 1. The molecule has 1 aliphatic rings. The lowest BCUT2D eigenvalue weighted by atomic mass is 9.92. The number of carbonyl (C=O) groups excluding carboxylic acids is 1. The second-order valence-electron chi connectivity index (χ2n) is 5.37. The molecule has 1 heterocycles. The van der Waals surface area contributed by atoms with Crippen LogP contribution in [0.1, 0.15) is 25.3 Å². The summed E-state index contributed by atoms with van der Waals surface area (Å²) >= 11 is 6.10. The summed E-state index contributed by atoms with van der Waals surface area (Å²) in [5.41, 5.74) is 6.85. The zero-order valence-electron chi connectivity index (χ0n) is 11.3. The molecule has 1 amide bonds. The molecule has 19 heavy (non-hydrogen) atoms. The van der Waals surface area contributed by atoms with Crippen molar-refractivity contribution in [3.05, 3.63) is 34.9 Å². The fourth-order valence-corrected chi connectivity index (χ4v) is 2.78. The van der Waals surface area contributed by atoms with Gasteiger partial charge in [0.15, 0.2) is 0 Å². The van der Waals surface area contributed by atoms with E-state index in [1.54, 1.807) is 0 Å². The van der Waals surface area contributed by atoms with Gasteiger partial charge in [-0.15, -0.1) is 0 Å². The molecule has 1 saturated heterocycles. The third kappa shape index (κ3) is 3.71. The summed E-state index contributed by atoms with van der Waals surface area (Å²) in [5.74, 6) is 0.572. The summed E-state index contributed by atoms with van der Waals surface area (Å²) in [6.07, 6.45) is 2.54. The van der Waals surface area contributed by atoms with E-state index in [1.807, 2.05) is 36.1 Å². The van der Waals surface area contributed by atoms with Gasteiger partial charge >= 0.3 is 0 Å². The first-order valence-corrected chi connectivity index (χ1v) is 7.22. The van der Waals surface area contributed by atoms with E-state index < -0.39 is 0 Å². The van der Waals surface area contributed by atoms with Gasteiger partial charge in [-0.05, 0) is 37.3 Å². The lowest BCUT2D eigenvalue weighted by Gasteiger charge is -2.34. The van der Waals surface area contributed by atoms with E-state index in [2.05, 4.69) is 0 Å². The van der Waals surface area contributed by atoms with Crippen LogP contribution in [0.25, 0.3) is 0 Å². The Morgan fingerprint density at radius 2 is 2.26 bits per heavy atom. The number of halogens is 1. The summed E-state index contributed by atoms with van der Waals surface area (Å²) in [7, 11) is 0. The molecule has 0 bridgehead atoms. The Morgan fingerprint density at radius 3 is 2.95 bits per heavy atom. The highest BCUT2D eigenvalue weighted by molar-refractivity contribution is 6.31. The normalized spacial score (nSPS) is 21.2. The van der Waals surface area contributed by atoms with Gasteiger partial charge in [0.1, 0.15) is 0 Å². The zero-order chi connectivity index (χ0) is 13.8. The van der Waals surface area contributed by atoms with E-state index in [0.29, 0.717) is 17.4 Å². The van der Waals surface area contributed by atoms with Crippen molar-refractivity contribution in [3.8, 4) is 0 Å². The van der Waals surface area contributed by atoms with Crippen LogP contribution in [0.2, 0.25) is 5.02 Å². The number of likely N-dealkylation sites (tertiary alicyclic amines) is 1. The highest BCUT2D eigenvalue weighted by atomic mass is 35.5. The van der Waals surface area contributed by atoms with Gasteiger partial charge in [-0.3, -0.25) is 4.79 Å². The summed E-state index contributed by atoms with van der Waals surface area (Å²) in [6.45, 7) is 3.64. The second kappa shape index (κ2) is 6.40. The average Bonchev–Trinajstić information content (AvgIpc) is 2.41. The molecule has 0 spiro atoms. The van der Waals surface area contributed by atoms with Crippen molar-refractivity contribution in [3.63, 3.8) is 0 Å². The molecule has 0 saturated carbocycles. The first-order chi connectivity index (χ1) is 9.08. The summed E-state index contributed by atoms with van der Waals surface area (Å²) < 4.78 is 0. The zero-order valence-corrected chi connectivity index (χ0v) is 12.1. The van der Waals surface area contributed by atoms with E-state index in [9.17, 15) is 4.79 Å². The third-order valence-corrected chi connectivity index (χ3v) is 4.22. The van der Waals surface area contributed by atoms with Crippen molar-refractivity contribution in [2.24, 2.45) is 11.7 Å². The Hall–Kier alpha value is -1.06. The van der Waals surface area contributed by atoms with Crippen LogP contribution in [-0.2, 0) is 11.2 Å². The van der Waals surface area contributed by atoms with E-state index in [1.165, 1.54) is 0 Å². The maximum Gasteiger partial charge on any atom is 0.227 e. The maximum absolute atomic E-state index is 12.3. The van der Waals surface area contributed by atoms with Crippen molar-refractivity contribution < 1.29 is 4.79 Å². The molecule has 104 valence electrons. The van der Waals surface area contributed by atoms with Gasteiger partial charge in [-0.2, -0.15) is 0 Å². The number of nitrogens with two attached hydrogens (primary N) is 1. The fraction of sp³-hybridized carbons (Fsp3) is 0.533. The van der Waals surface area contributed by atoms with E-state index in [0.717, 1.165) is 31.5 Å². The van der Waals surface area contributed by atoms with Crippen LogP contribution in [-0.4, -0.2) is 29.9 Å². The van der Waals surface area contributed by atoms with Crippen LogP contribution < -0.4 is 5.73 Å². The largest absolute Gasteiger partial charge is 0.342 e. The molecule has 2 atom stereocenters. The molecule has 1 aromatic carbocycles. The molecule has 3 nitrogen and oxygen atoms in total. The van der Waals surface area contributed by atoms with Gasteiger partial charge in [0.25, 0.3) is 0 Å². The van der Waals surface area contributed by atoms with Crippen molar-refractivity contribution >= 4 is 17.5 Å². The number of hydrogen-bond acceptors (Lipinski definition) is 2. The van der Waals surface area contributed by atoms with E-state index in [-0.39, 0.29) is 11.9 Å². The average molecular weight is 281 g/mol. The standard InChI is InChI=1S/C15H21ClN2O/c1-11(17)13-6-4-8-18(10-13)15(19)9-12-5-2-3-7-14(12)16/h2-3,5,7,11,13H,4,6,8-10,17H2,1H3/t11-,13-/m1/s1. The summed E-state index contributed by atoms with van der Waals surface area (Å²) in [6, 6.07) is 7.67. The lowest BCUT2D eigenvalue weighted by Crippen LogP contribution is -2.45. The van der Waals surface area contributed by atoms with Crippen LogP contribution in [0.3, 0.4) is 0 Å². The highest BCUT2D eigenvalue weighted by Gasteiger charge is 2.25. The number of amides is 1. The van der Waals surface area contributed by atoms with Crippen LogP contribution in [0, 0.1) is 5.92 Å². The van der Waals surface area contributed by atoms with Crippen molar-refractivity contribution in [2.75, 3.05) is 13.1 Å². The number of benzene rings is 1. The number of piperidine rings is 1. The monoisotopic (exact) mass is 280 g/mol. The van der Waals surface area contributed by atoms with Gasteiger partial charge in [0.05, 0.1) is 6.42 Å². The third-order valence-electron chi connectivity index (χ3n) is 3.85. The van der Waals surface area contributed by atoms with Crippen molar-refractivity contribution in [1.82, 2.24) is 4.90 Å². The van der Waals surface area contributed by atoms with E-state index >= 15 is 0 Å². The minimum Gasteiger partial charge on any atom is -0.342 e. The Labute approximate surface area is 119 Å². The predicted molar refractivity (Wildman–Crippen MR) is 78.1 cm³/mol. The Balaban J connectivity index is 1.98. The smallest absolute Gasteiger partial charge is 0.227 e. The molecular weight excluding hydrogens is 260 g/mol. The molecule has 0 radical (unpaired) electrons. The van der Waals surface area contributed by atoms with Crippen LogP contribution >= 0.6 is 11.6 Å². The molecule has 0 unspecified atom stereocenters. The number of hydrogen-bond donors (Lipinski definition) is 1. The molecule has 0 aliphatic carbocycles. The first-order valence-electron chi connectivity index (χ1n) is 6.84. The molecule has 2 N–H and O–H groups in total. The van der Waals surface area contributed by atoms with Crippen LogP contribution in [0.15, 0.2) is 24.3 Å². The van der Waals surface area contributed by atoms with Gasteiger partial charge in [-0.25, -0.2) is 0 Å². The molecule has 1 aliphatic heterocycles.